The Labute approximate surface area is 129 Å². The molecule has 0 saturated heterocycles. The minimum atomic E-state index is -0.111. The van der Waals surface area contributed by atoms with Gasteiger partial charge in [-0.15, -0.1) is 11.3 Å². The van der Waals surface area contributed by atoms with Crippen molar-refractivity contribution in [3.05, 3.63) is 51.5 Å². The third-order valence-electron chi connectivity index (χ3n) is 3.48. The van der Waals surface area contributed by atoms with Gasteiger partial charge in [0.1, 0.15) is 5.69 Å². The van der Waals surface area contributed by atoms with Crippen molar-refractivity contribution in [2.45, 2.75) is 19.9 Å². The van der Waals surface area contributed by atoms with Crippen LogP contribution in [0.4, 0.5) is 0 Å². The van der Waals surface area contributed by atoms with E-state index < -0.39 is 0 Å². The number of hydrogen-bond donors (Lipinski definition) is 1. The number of benzene rings is 1. The minimum Gasteiger partial charge on any atom is -0.349 e. The average Bonchev–Trinajstić information content (AvgIpc) is 2.87. The smallest absolute Gasteiger partial charge is 0.270 e. The standard InChI is InChI=1S/C16H21N3OS/c1-11-7-5-6-8-13(11)15(19(3)4)9-17-16(20)14-10-21-12(2)18-14/h5-8,10,15H,9H2,1-4H3,(H,17,20)/t15-/m0/s1. The molecule has 0 aliphatic heterocycles. The number of nitrogens with one attached hydrogen (secondary N) is 1. The van der Waals surface area contributed by atoms with E-state index in [0.717, 1.165) is 5.01 Å². The summed E-state index contributed by atoms with van der Waals surface area (Å²) in [5, 5.41) is 5.68. The second-order valence-corrected chi connectivity index (χ2v) is 6.36. The third-order valence-corrected chi connectivity index (χ3v) is 4.25. The Kier molecular flexibility index (Phi) is 5.09. The second-order valence-electron chi connectivity index (χ2n) is 5.30. The van der Waals surface area contributed by atoms with Crippen molar-refractivity contribution in [2.24, 2.45) is 0 Å². The lowest BCUT2D eigenvalue weighted by Gasteiger charge is -2.26. The Bertz CT molecular complexity index is 621. The van der Waals surface area contributed by atoms with Crippen molar-refractivity contribution in [2.75, 3.05) is 20.6 Å². The molecule has 0 bridgehead atoms. The number of rotatable bonds is 5. The fourth-order valence-corrected chi connectivity index (χ4v) is 2.87. The number of nitrogens with zero attached hydrogens (tertiary/aromatic N) is 2. The fourth-order valence-electron chi connectivity index (χ4n) is 2.28. The summed E-state index contributed by atoms with van der Waals surface area (Å²) >= 11 is 1.49. The summed E-state index contributed by atoms with van der Waals surface area (Å²) in [6, 6.07) is 8.42. The maximum atomic E-state index is 12.1. The van der Waals surface area contributed by atoms with Crippen molar-refractivity contribution in [1.29, 1.82) is 0 Å². The van der Waals surface area contributed by atoms with Crippen LogP contribution in [0.25, 0.3) is 0 Å². The Morgan fingerprint density at radius 2 is 2.05 bits per heavy atom. The second kappa shape index (κ2) is 6.83. The van der Waals surface area contributed by atoms with E-state index in [2.05, 4.69) is 34.3 Å². The average molecular weight is 303 g/mol. The van der Waals surface area contributed by atoms with E-state index in [-0.39, 0.29) is 11.9 Å². The molecule has 0 aliphatic rings. The Morgan fingerprint density at radius 1 is 1.33 bits per heavy atom. The number of carbonyl (C=O) groups is 1. The molecule has 2 rings (SSSR count). The van der Waals surface area contributed by atoms with E-state index in [1.54, 1.807) is 5.38 Å². The third kappa shape index (κ3) is 3.89. The lowest BCUT2D eigenvalue weighted by Crippen LogP contribution is -2.35. The zero-order valence-electron chi connectivity index (χ0n) is 12.9. The van der Waals surface area contributed by atoms with Crippen LogP contribution < -0.4 is 5.32 Å². The number of thiazole rings is 1. The van der Waals surface area contributed by atoms with Crippen LogP contribution in [-0.2, 0) is 0 Å². The zero-order valence-corrected chi connectivity index (χ0v) is 13.7. The number of carbonyl (C=O) groups excluding carboxylic acids is 1. The first-order valence-electron chi connectivity index (χ1n) is 6.91. The largest absolute Gasteiger partial charge is 0.349 e. The van der Waals surface area contributed by atoms with Gasteiger partial charge in [-0.3, -0.25) is 4.79 Å². The molecule has 1 aromatic carbocycles. The molecule has 0 fully saturated rings. The van der Waals surface area contributed by atoms with Crippen molar-refractivity contribution in [3.8, 4) is 0 Å². The molecule has 112 valence electrons. The summed E-state index contributed by atoms with van der Waals surface area (Å²) in [5.41, 5.74) is 2.96. The molecule has 1 N–H and O–H groups in total. The van der Waals surface area contributed by atoms with Crippen LogP contribution in [-0.4, -0.2) is 36.4 Å². The highest BCUT2D eigenvalue weighted by molar-refractivity contribution is 7.09. The highest BCUT2D eigenvalue weighted by atomic mass is 32.1. The topological polar surface area (TPSA) is 45.2 Å². The van der Waals surface area contributed by atoms with Crippen molar-refractivity contribution in [3.63, 3.8) is 0 Å². The summed E-state index contributed by atoms with van der Waals surface area (Å²) in [6.45, 7) is 4.56. The van der Waals surface area contributed by atoms with Crippen LogP contribution in [0.1, 0.15) is 32.7 Å². The van der Waals surface area contributed by atoms with Crippen molar-refractivity contribution in [1.82, 2.24) is 15.2 Å². The SMILES string of the molecule is Cc1nc(C(=O)NC[C@@H](c2ccccc2C)N(C)C)cs1. The van der Waals surface area contributed by atoms with E-state index in [1.165, 1.54) is 22.5 Å². The van der Waals surface area contributed by atoms with Crippen LogP contribution in [0.2, 0.25) is 0 Å². The molecule has 4 nitrogen and oxygen atoms in total. The monoisotopic (exact) mass is 303 g/mol. The maximum Gasteiger partial charge on any atom is 0.270 e. The summed E-state index contributed by atoms with van der Waals surface area (Å²) in [6.07, 6.45) is 0. The molecule has 1 atom stereocenters. The highest BCUT2D eigenvalue weighted by Crippen LogP contribution is 2.21. The molecule has 2 aromatic rings. The molecular weight excluding hydrogens is 282 g/mol. The van der Waals surface area contributed by atoms with Gasteiger partial charge in [-0.1, -0.05) is 24.3 Å². The number of hydrogen-bond acceptors (Lipinski definition) is 4. The first kappa shape index (κ1) is 15.7. The molecular formula is C16H21N3OS. The number of aromatic nitrogens is 1. The van der Waals surface area contributed by atoms with E-state index in [1.807, 2.05) is 33.2 Å². The van der Waals surface area contributed by atoms with Gasteiger partial charge in [-0.05, 0) is 39.1 Å². The van der Waals surface area contributed by atoms with E-state index in [4.69, 9.17) is 0 Å². The lowest BCUT2D eigenvalue weighted by molar-refractivity contribution is 0.0937. The van der Waals surface area contributed by atoms with E-state index in [9.17, 15) is 4.79 Å². The lowest BCUT2D eigenvalue weighted by atomic mass is 10.0. The van der Waals surface area contributed by atoms with E-state index in [0.29, 0.717) is 12.2 Å². The van der Waals surface area contributed by atoms with Gasteiger partial charge in [0, 0.05) is 11.9 Å². The van der Waals surface area contributed by atoms with Crippen LogP contribution in [0, 0.1) is 13.8 Å². The van der Waals surface area contributed by atoms with Gasteiger partial charge in [-0.25, -0.2) is 4.98 Å². The number of aryl methyl sites for hydroxylation is 2. The number of amides is 1. The summed E-state index contributed by atoms with van der Waals surface area (Å²) < 4.78 is 0. The predicted molar refractivity (Wildman–Crippen MR) is 86.8 cm³/mol. The summed E-state index contributed by atoms with van der Waals surface area (Å²) in [7, 11) is 4.05. The zero-order chi connectivity index (χ0) is 15.4. The van der Waals surface area contributed by atoms with Crippen LogP contribution >= 0.6 is 11.3 Å². The first-order valence-corrected chi connectivity index (χ1v) is 7.79. The van der Waals surface area contributed by atoms with Gasteiger partial charge in [0.05, 0.1) is 11.0 Å². The van der Waals surface area contributed by atoms with Gasteiger partial charge in [-0.2, -0.15) is 0 Å². The summed E-state index contributed by atoms with van der Waals surface area (Å²) in [4.78, 5) is 18.5. The Hall–Kier alpha value is -1.72. The maximum absolute atomic E-state index is 12.1. The van der Waals surface area contributed by atoms with Gasteiger partial charge in [0.25, 0.3) is 5.91 Å². The van der Waals surface area contributed by atoms with Crippen molar-refractivity contribution >= 4 is 17.2 Å². The quantitative estimate of drug-likeness (QED) is 0.924. The minimum absolute atomic E-state index is 0.111. The van der Waals surface area contributed by atoms with Crippen LogP contribution in [0.15, 0.2) is 29.6 Å². The molecule has 0 spiro atoms. The molecule has 21 heavy (non-hydrogen) atoms. The van der Waals surface area contributed by atoms with Crippen molar-refractivity contribution < 1.29 is 4.79 Å². The van der Waals surface area contributed by atoms with Crippen LogP contribution in [0.5, 0.6) is 0 Å². The molecule has 1 amide bonds. The molecule has 1 heterocycles. The van der Waals surface area contributed by atoms with Gasteiger partial charge in [0.15, 0.2) is 0 Å². The van der Waals surface area contributed by atoms with Gasteiger partial charge >= 0.3 is 0 Å². The predicted octanol–water partition coefficient (Wildman–Crippen LogP) is 2.79. The molecule has 5 heteroatoms. The Morgan fingerprint density at radius 3 is 2.62 bits per heavy atom. The molecule has 0 radical (unpaired) electrons. The summed E-state index contributed by atoms with van der Waals surface area (Å²) in [5.74, 6) is -0.111. The van der Waals surface area contributed by atoms with Crippen LogP contribution in [0.3, 0.4) is 0 Å². The molecule has 0 unspecified atom stereocenters. The normalized spacial score (nSPS) is 12.4. The van der Waals surface area contributed by atoms with Gasteiger partial charge < -0.3 is 10.2 Å². The molecule has 0 aliphatic carbocycles. The highest BCUT2D eigenvalue weighted by Gasteiger charge is 2.18. The number of likely N-dealkylation sites (N-methyl/N-ethyl adjacent to an activating group) is 1. The fraction of sp³-hybridized carbons (Fsp3) is 0.375. The molecule has 1 aromatic heterocycles. The molecule has 0 saturated carbocycles. The van der Waals surface area contributed by atoms with E-state index >= 15 is 0 Å². The Balaban J connectivity index is 2.08. The van der Waals surface area contributed by atoms with Gasteiger partial charge in [0.2, 0.25) is 0 Å². The first-order chi connectivity index (χ1) is 9.99.